The molecule has 0 spiro atoms. The Hall–Kier alpha value is -2.89. The van der Waals surface area contributed by atoms with Crippen LogP contribution in [0.3, 0.4) is 0 Å². The molecule has 1 N–H and O–H groups in total. The van der Waals surface area contributed by atoms with E-state index in [2.05, 4.69) is 5.32 Å². The van der Waals surface area contributed by atoms with Crippen LogP contribution in [0.4, 0.5) is 16.2 Å². The number of amides is 1. The van der Waals surface area contributed by atoms with Crippen molar-refractivity contribution in [3.63, 3.8) is 0 Å². The van der Waals surface area contributed by atoms with Gasteiger partial charge in [-0.15, -0.1) is 0 Å². The van der Waals surface area contributed by atoms with E-state index in [0.29, 0.717) is 12.1 Å². The fourth-order valence-electron chi connectivity index (χ4n) is 1.76. The number of hydrogen-bond acceptors (Lipinski definition) is 4. The van der Waals surface area contributed by atoms with Gasteiger partial charge in [0.15, 0.2) is 0 Å². The summed E-state index contributed by atoms with van der Waals surface area (Å²) in [6, 6.07) is 15.3. The molecule has 0 saturated carbocycles. The van der Waals surface area contributed by atoms with Crippen molar-refractivity contribution < 1.29 is 14.5 Å². The van der Waals surface area contributed by atoms with Crippen LogP contribution in [0.5, 0.6) is 0 Å². The molecule has 0 fully saturated rings. The lowest BCUT2D eigenvalue weighted by molar-refractivity contribution is -0.384. The first-order chi connectivity index (χ1) is 10.1. The Kier molecular flexibility index (Phi) is 4.87. The molecule has 2 aromatic carbocycles. The standard InChI is InChI=1S/C15H14N2O4/c18-15(21-10-9-12-5-2-1-3-6-12)16-13-7-4-8-14(11-13)17(19)20/h1-8,11H,9-10H2,(H,16,18). The number of nitrogens with one attached hydrogen (secondary N) is 1. The lowest BCUT2D eigenvalue weighted by atomic mass is 10.2. The highest BCUT2D eigenvalue weighted by Gasteiger charge is 2.08. The SMILES string of the molecule is O=C(Nc1cccc([N+](=O)[O-])c1)OCCc1ccccc1. The summed E-state index contributed by atoms with van der Waals surface area (Å²) < 4.78 is 5.03. The third kappa shape index (κ3) is 4.61. The van der Waals surface area contributed by atoms with Crippen LogP contribution >= 0.6 is 0 Å². The number of rotatable bonds is 5. The summed E-state index contributed by atoms with van der Waals surface area (Å²) in [6.07, 6.45) is -0.0187. The topological polar surface area (TPSA) is 81.5 Å². The molecule has 0 aliphatic heterocycles. The molecule has 21 heavy (non-hydrogen) atoms. The van der Waals surface area contributed by atoms with Gasteiger partial charge in [0.05, 0.1) is 17.2 Å². The summed E-state index contributed by atoms with van der Waals surface area (Å²) in [5.41, 5.74) is 1.31. The molecule has 0 aromatic heterocycles. The Morgan fingerprint density at radius 3 is 2.62 bits per heavy atom. The molecular weight excluding hydrogens is 272 g/mol. The molecule has 0 saturated heterocycles. The maximum Gasteiger partial charge on any atom is 0.411 e. The molecule has 6 nitrogen and oxygen atoms in total. The summed E-state index contributed by atoms with van der Waals surface area (Å²) in [6.45, 7) is 0.241. The lowest BCUT2D eigenvalue weighted by Crippen LogP contribution is -2.15. The van der Waals surface area contributed by atoms with E-state index in [0.717, 1.165) is 5.56 Å². The molecule has 0 aliphatic carbocycles. The molecule has 0 atom stereocenters. The Morgan fingerprint density at radius 2 is 1.90 bits per heavy atom. The Labute approximate surface area is 121 Å². The van der Waals surface area contributed by atoms with E-state index < -0.39 is 11.0 Å². The Balaban J connectivity index is 1.82. The van der Waals surface area contributed by atoms with Gasteiger partial charge in [-0.1, -0.05) is 36.4 Å². The fourth-order valence-corrected chi connectivity index (χ4v) is 1.76. The molecular formula is C15H14N2O4. The zero-order chi connectivity index (χ0) is 15.1. The fraction of sp³-hybridized carbons (Fsp3) is 0.133. The van der Waals surface area contributed by atoms with Crippen LogP contribution in [0.1, 0.15) is 5.56 Å². The maximum absolute atomic E-state index is 11.6. The second-order valence-corrected chi connectivity index (χ2v) is 4.30. The van der Waals surface area contributed by atoms with Gasteiger partial charge in [-0.25, -0.2) is 4.79 Å². The molecule has 0 aliphatic rings. The van der Waals surface area contributed by atoms with E-state index in [1.165, 1.54) is 18.2 Å². The summed E-state index contributed by atoms with van der Waals surface area (Å²) in [5, 5.41) is 13.1. The van der Waals surface area contributed by atoms with Crippen molar-refractivity contribution in [1.29, 1.82) is 0 Å². The average molecular weight is 286 g/mol. The van der Waals surface area contributed by atoms with Crippen molar-refractivity contribution in [2.45, 2.75) is 6.42 Å². The van der Waals surface area contributed by atoms with Gasteiger partial charge < -0.3 is 4.74 Å². The summed E-state index contributed by atoms with van der Waals surface area (Å²) in [4.78, 5) is 21.7. The number of nitrogens with zero attached hydrogens (tertiary/aromatic N) is 1. The first-order valence-electron chi connectivity index (χ1n) is 6.37. The summed E-state index contributed by atoms with van der Waals surface area (Å²) in [7, 11) is 0. The maximum atomic E-state index is 11.6. The molecule has 0 radical (unpaired) electrons. The van der Waals surface area contributed by atoms with E-state index in [1.54, 1.807) is 6.07 Å². The van der Waals surface area contributed by atoms with Crippen LogP contribution in [-0.2, 0) is 11.2 Å². The molecule has 0 unspecified atom stereocenters. The van der Waals surface area contributed by atoms with Crippen LogP contribution in [0.15, 0.2) is 54.6 Å². The second-order valence-electron chi connectivity index (χ2n) is 4.30. The third-order valence-electron chi connectivity index (χ3n) is 2.77. The van der Waals surface area contributed by atoms with Crippen LogP contribution in [-0.4, -0.2) is 17.6 Å². The third-order valence-corrected chi connectivity index (χ3v) is 2.77. The molecule has 6 heteroatoms. The van der Waals surface area contributed by atoms with Gasteiger partial charge in [0.25, 0.3) is 5.69 Å². The minimum atomic E-state index is -0.633. The number of nitro groups is 1. The summed E-state index contributed by atoms with van der Waals surface area (Å²) >= 11 is 0. The average Bonchev–Trinajstić information content (AvgIpc) is 2.48. The van der Waals surface area contributed by atoms with E-state index in [9.17, 15) is 14.9 Å². The molecule has 0 bridgehead atoms. The van der Waals surface area contributed by atoms with Crippen molar-refractivity contribution in [3.05, 3.63) is 70.3 Å². The summed E-state index contributed by atoms with van der Waals surface area (Å²) in [5.74, 6) is 0. The number of benzene rings is 2. The van der Waals surface area contributed by atoms with Crippen LogP contribution in [0.2, 0.25) is 0 Å². The van der Waals surface area contributed by atoms with Gasteiger partial charge in [-0.2, -0.15) is 0 Å². The molecule has 1 amide bonds. The van der Waals surface area contributed by atoms with Crippen LogP contribution in [0.25, 0.3) is 0 Å². The van der Waals surface area contributed by atoms with E-state index in [4.69, 9.17) is 4.74 Å². The van der Waals surface area contributed by atoms with Gasteiger partial charge in [0, 0.05) is 18.6 Å². The largest absolute Gasteiger partial charge is 0.449 e. The van der Waals surface area contributed by atoms with Crippen molar-refractivity contribution >= 4 is 17.5 Å². The number of ether oxygens (including phenoxy) is 1. The van der Waals surface area contributed by atoms with Crippen LogP contribution < -0.4 is 5.32 Å². The van der Waals surface area contributed by atoms with Crippen molar-refractivity contribution in [2.75, 3.05) is 11.9 Å². The zero-order valence-corrected chi connectivity index (χ0v) is 11.2. The zero-order valence-electron chi connectivity index (χ0n) is 11.2. The molecule has 2 rings (SSSR count). The van der Waals surface area contributed by atoms with Crippen molar-refractivity contribution in [3.8, 4) is 0 Å². The minimum Gasteiger partial charge on any atom is -0.449 e. The smallest absolute Gasteiger partial charge is 0.411 e. The van der Waals surface area contributed by atoms with E-state index in [-0.39, 0.29) is 12.3 Å². The van der Waals surface area contributed by atoms with Gasteiger partial charge in [0.1, 0.15) is 0 Å². The number of nitro benzene ring substituents is 1. The number of carbonyl (C=O) groups is 1. The number of carbonyl (C=O) groups excluding carboxylic acids is 1. The van der Waals surface area contributed by atoms with Gasteiger partial charge in [-0.3, -0.25) is 15.4 Å². The van der Waals surface area contributed by atoms with Gasteiger partial charge in [0.2, 0.25) is 0 Å². The number of hydrogen-bond donors (Lipinski definition) is 1. The highest BCUT2D eigenvalue weighted by Crippen LogP contribution is 2.17. The van der Waals surface area contributed by atoms with Crippen molar-refractivity contribution in [1.82, 2.24) is 0 Å². The highest BCUT2D eigenvalue weighted by atomic mass is 16.6. The first-order valence-corrected chi connectivity index (χ1v) is 6.37. The number of anilines is 1. The van der Waals surface area contributed by atoms with Crippen molar-refractivity contribution in [2.24, 2.45) is 0 Å². The minimum absolute atomic E-state index is 0.0860. The predicted molar refractivity (Wildman–Crippen MR) is 78.2 cm³/mol. The molecule has 108 valence electrons. The second kappa shape index (κ2) is 7.04. The first kappa shape index (κ1) is 14.5. The van der Waals surface area contributed by atoms with Gasteiger partial charge >= 0.3 is 6.09 Å². The Bertz CT molecular complexity index is 629. The number of non-ortho nitro benzene ring substituents is 1. The highest BCUT2D eigenvalue weighted by molar-refractivity contribution is 5.85. The predicted octanol–water partition coefficient (Wildman–Crippen LogP) is 3.39. The lowest BCUT2D eigenvalue weighted by Gasteiger charge is -2.07. The Morgan fingerprint density at radius 1 is 1.14 bits per heavy atom. The van der Waals surface area contributed by atoms with Crippen LogP contribution in [0, 0.1) is 10.1 Å². The van der Waals surface area contributed by atoms with E-state index >= 15 is 0 Å². The van der Waals surface area contributed by atoms with E-state index in [1.807, 2.05) is 30.3 Å². The quantitative estimate of drug-likeness (QED) is 0.674. The molecule has 2 aromatic rings. The monoisotopic (exact) mass is 286 g/mol. The molecule has 0 heterocycles. The normalized spacial score (nSPS) is 9.90. The van der Waals surface area contributed by atoms with Gasteiger partial charge in [-0.05, 0) is 11.6 Å².